The Kier molecular flexibility index (Phi) is 9.97. The lowest BCUT2D eigenvalue weighted by atomic mass is 10.1. The fourth-order valence-electron chi connectivity index (χ4n) is 4.16. The zero-order chi connectivity index (χ0) is 25.9. The number of nitrogens with zero attached hydrogens (tertiary/aromatic N) is 2. The number of nitrogens with one attached hydrogen (secondary N) is 2. The van der Waals surface area contributed by atoms with Crippen LogP contribution >= 0.6 is 0 Å². The Labute approximate surface area is 212 Å². The Bertz CT molecular complexity index is 1050. The number of ether oxygens (including phenoxy) is 2. The summed E-state index contributed by atoms with van der Waals surface area (Å²) in [6.45, 7) is 7.60. The molecule has 9 heteroatoms. The van der Waals surface area contributed by atoms with Crippen molar-refractivity contribution >= 4 is 34.8 Å². The lowest BCUT2D eigenvalue weighted by molar-refractivity contribution is -0.144. The molecule has 194 valence electrons. The molecule has 0 spiro atoms. The molecule has 1 heterocycles. The second-order valence-corrected chi connectivity index (χ2v) is 8.49. The first kappa shape index (κ1) is 26.8. The summed E-state index contributed by atoms with van der Waals surface area (Å²) in [5, 5.41) is 5.74. The van der Waals surface area contributed by atoms with Crippen LogP contribution in [0.2, 0.25) is 0 Å². The van der Waals surface area contributed by atoms with Crippen molar-refractivity contribution in [3.05, 3.63) is 48.0 Å². The van der Waals surface area contributed by atoms with Gasteiger partial charge in [0.25, 0.3) is 5.91 Å². The number of methoxy groups -OCH3 is 1. The smallest absolute Gasteiger partial charge is 0.306 e. The van der Waals surface area contributed by atoms with Crippen LogP contribution in [0.1, 0.15) is 43.5 Å². The van der Waals surface area contributed by atoms with Crippen molar-refractivity contribution in [3.8, 4) is 5.75 Å². The second kappa shape index (κ2) is 13.4. The van der Waals surface area contributed by atoms with E-state index in [1.807, 2.05) is 31.2 Å². The maximum Gasteiger partial charge on any atom is 0.306 e. The van der Waals surface area contributed by atoms with Gasteiger partial charge in [-0.05, 0) is 43.7 Å². The Morgan fingerprint density at radius 3 is 2.28 bits per heavy atom. The van der Waals surface area contributed by atoms with Crippen molar-refractivity contribution in [2.45, 2.75) is 33.1 Å². The third-order valence-corrected chi connectivity index (χ3v) is 5.97. The van der Waals surface area contributed by atoms with Gasteiger partial charge in [0, 0.05) is 50.5 Å². The van der Waals surface area contributed by atoms with Gasteiger partial charge in [-0.3, -0.25) is 14.4 Å². The van der Waals surface area contributed by atoms with Gasteiger partial charge in [0.2, 0.25) is 5.91 Å². The maximum atomic E-state index is 13.0. The molecule has 3 rings (SSSR count). The molecular weight excluding hydrogens is 460 g/mol. The molecule has 2 amide bonds. The SMILES string of the molecule is CCCNC(=O)c1cc(NC(=O)CCC(=O)OCC)ccc1N1CCN(c2ccccc2OC)CC1. The van der Waals surface area contributed by atoms with E-state index in [4.69, 9.17) is 9.47 Å². The Morgan fingerprint density at radius 1 is 0.917 bits per heavy atom. The van der Waals surface area contributed by atoms with Crippen molar-refractivity contribution in [2.75, 3.05) is 61.6 Å². The number of esters is 1. The third-order valence-electron chi connectivity index (χ3n) is 5.97. The number of benzene rings is 2. The first-order valence-corrected chi connectivity index (χ1v) is 12.5. The summed E-state index contributed by atoms with van der Waals surface area (Å²) >= 11 is 0. The summed E-state index contributed by atoms with van der Waals surface area (Å²) in [7, 11) is 1.67. The van der Waals surface area contributed by atoms with Gasteiger partial charge >= 0.3 is 5.97 Å². The van der Waals surface area contributed by atoms with Crippen LogP contribution in [-0.2, 0) is 14.3 Å². The van der Waals surface area contributed by atoms with Gasteiger partial charge < -0.3 is 29.9 Å². The molecule has 0 bridgehead atoms. The highest BCUT2D eigenvalue weighted by atomic mass is 16.5. The highest BCUT2D eigenvalue weighted by Gasteiger charge is 2.24. The minimum atomic E-state index is -0.408. The van der Waals surface area contributed by atoms with Crippen LogP contribution in [0.4, 0.5) is 17.1 Å². The second-order valence-electron chi connectivity index (χ2n) is 8.49. The third kappa shape index (κ3) is 7.13. The molecule has 1 fully saturated rings. The van der Waals surface area contributed by atoms with E-state index in [-0.39, 0.29) is 31.3 Å². The number of para-hydroxylation sites is 2. The van der Waals surface area contributed by atoms with Crippen LogP contribution in [0.3, 0.4) is 0 Å². The average molecular weight is 497 g/mol. The molecule has 0 saturated carbocycles. The van der Waals surface area contributed by atoms with Crippen LogP contribution in [-0.4, -0.2) is 64.2 Å². The molecule has 1 aliphatic heterocycles. The summed E-state index contributed by atoms with van der Waals surface area (Å²) in [4.78, 5) is 41.4. The predicted octanol–water partition coefficient (Wildman–Crippen LogP) is 3.44. The summed E-state index contributed by atoms with van der Waals surface area (Å²) in [5.41, 5.74) is 2.91. The largest absolute Gasteiger partial charge is 0.495 e. The van der Waals surface area contributed by atoms with Crippen LogP contribution in [0.5, 0.6) is 5.75 Å². The molecule has 2 aromatic carbocycles. The zero-order valence-corrected chi connectivity index (χ0v) is 21.3. The van der Waals surface area contributed by atoms with Crippen LogP contribution in [0.25, 0.3) is 0 Å². The fourth-order valence-corrected chi connectivity index (χ4v) is 4.16. The van der Waals surface area contributed by atoms with Gasteiger partial charge in [-0.25, -0.2) is 0 Å². The van der Waals surface area contributed by atoms with Gasteiger partial charge in [0.15, 0.2) is 0 Å². The standard InChI is InChI=1S/C27H36N4O5/c1-4-14-28-27(34)21-19-20(29-25(32)12-13-26(33)36-5-2)10-11-22(21)30-15-17-31(18-16-30)23-8-6-7-9-24(23)35-3/h6-11,19H,4-5,12-18H2,1-3H3,(H,28,34)(H,29,32). The van der Waals surface area contributed by atoms with Crippen molar-refractivity contribution in [1.82, 2.24) is 5.32 Å². The normalized spacial score (nSPS) is 13.2. The van der Waals surface area contributed by atoms with Crippen molar-refractivity contribution in [1.29, 1.82) is 0 Å². The molecule has 36 heavy (non-hydrogen) atoms. The Hall–Kier alpha value is -3.75. The van der Waals surface area contributed by atoms with Gasteiger partial charge in [0.05, 0.1) is 31.4 Å². The molecule has 1 saturated heterocycles. The summed E-state index contributed by atoms with van der Waals surface area (Å²) in [5.74, 6) is -0.0497. The van der Waals surface area contributed by atoms with E-state index in [0.29, 0.717) is 17.8 Å². The quantitative estimate of drug-likeness (QED) is 0.460. The van der Waals surface area contributed by atoms with Crippen LogP contribution < -0.4 is 25.2 Å². The van der Waals surface area contributed by atoms with E-state index in [0.717, 1.165) is 49.7 Å². The molecule has 0 unspecified atom stereocenters. The number of rotatable bonds is 11. The average Bonchev–Trinajstić information content (AvgIpc) is 2.91. The highest BCUT2D eigenvalue weighted by Crippen LogP contribution is 2.31. The number of hydrogen-bond acceptors (Lipinski definition) is 7. The number of anilines is 3. The summed E-state index contributed by atoms with van der Waals surface area (Å²) in [6.07, 6.45) is 0.851. The minimum Gasteiger partial charge on any atom is -0.495 e. The summed E-state index contributed by atoms with van der Waals surface area (Å²) in [6, 6.07) is 13.3. The molecule has 9 nitrogen and oxygen atoms in total. The minimum absolute atomic E-state index is 0.0120. The molecule has 0 aliphatic carbocycles. The predicted molar refractivity (Wildman–Crippen MR) is 141 cm³/mol. The Balaban J connectivity index is 1.73. The summed E-state index contributed by atoms with van der Waals surface area (Å²) < 4.78 is 10.4. The first-order valence-electron chi connectivity index (χ1n) is 12.5. The molecule has 2 aromatic rings. The number of hydrogen-bond donors (Lipinski definition) is 2. The van der Waals surface area contributed by atoms with Crippen molar-refractivity contribution in [2.24, 2.45) is 0 Å². The zero-order valence-electron chi connectivity index (χ0n) is 21.3. The highest BCUT2D eigenvalue weighted by molar-refractivity contribution is 6.02. The first-order chi connectivity index (χ1) is 17.5. The molecule has 0 aromatic heterocycles. The lowest BCUT2D eigenvalue weighted by Crippen LogP contribution is -2.47. The van der Waals surface area contributed by atoms with Gasteiger partial charge in [-0.2, -0.15) is 0 Å². The van der Waals surface area contributed by atoms with E-state index in [9.17, 15) is 14.4 Å². The van der Waals surface area contributed by atoms with Crippen molar-refractivity contribution in [3.63, 3.8) is 0 Å². The van der Waals surface area contributed by atoms with Crippen molar-refractivity contribution < 1.29 is 23.9 Å². The fraction of sp³-hybridized carbons (Fsp3) is 0.444. The molecule has 2 N–H and O–H groups in total. The molecule has 0 radical (unpaired) electrons. The van der Waals surface area contributed by atoms with E-state index in [1.54, 1.807) is 26.2 Å². The topological polar surface area (TPSA) is 100 Å². The number of amides is 2. The monoisotopic (exact) mass is 496 g/mol. The lowest BCUT2D eigenvalue weighted by Gasteiger charge is -2.38. The van der Waals surface area contributed by atoms with E-state index >= 15 is 0 Å². The maximum absolute atomic E-state index is 13.0. The van der Waals surface area contributed by atoms with E-state index in [2.05, 4.69) is 26.5 Å². The number of carbonyl (C=O) groups excluding carboxylic acids is 3. The van der Waals surface area contributed by atoms with Crippen LogP contribution in [0.15, 0.2) is 42.5 Å². The van der Waals surface area contributed by atoms with Crippen LogP contribution in [0, 0.1) is 0 Å². The molecule has 0 atom stereocenters. The van der Waals surface area contributed by atoms with E-state index in [1.165, 1.54) is 0 Å². The Morgan fingerprint density at radius 2 is 1.61 bits per heavy atom. The van der Waals surface area contributed by atoms with Gasteiger partial charge in [-0.1, -0.05) is 19.1 Å². The molecule has 1 aliphatic rings. The van der Waals surface area contributed by atoms with Gasteiger partial charge in [0.1, 0.15) is 5.75 Å². The number of piperazine rings is 1. The van der Waals surface area contributed by atoms with Gasteiger partial charge in [-0.15, -0.1) is 0 Å². The molecular formula is C27H36N4O5. The number of carbonyl (C=O) groups is 3. The van der Waals surface area contributed by atoms with E-state index < -0.39 is 5.97 Å².